The molecule has 0 heterocycles. The van der Waals surface area contributed by atoms with Crippen LogP contribution in [0.5, 0.6) is 0 Å². The number of rotatable bonds is 7. The van der Waals surface area contributed by atoms with Gasteiger partial charge < -0.3 is 5.32 Å². The van der Waals surface area contributed by atoms with Crippen molar-refractivity contribution in [2.45, 2.75) is 46.1 Å². The summed E-state index contributed by atoms with van der Waals surface area (Å²) in [5.74, 6) is 0. The molecule has 0 aromatic heterocycles. The summed E-state index contributed by atoms with van der Waals surface area (Å²) in [6.45, 7) is 7.21. The number of nitrogens with one attached hydrogen (secondary N) is 1. The number of nitrogens with zero attached hydrogens (tertiary/aromatic N) is 1. The number of nitriles is 1. The summed E-state index contributed by atoms with van der Waals surface area (Å²) in [5.41, 5.74) is 1.15. The SMILES string of the molecule is CC(NCCCCC(C)(C)C#N)c1ccccc1. The largest absolute Gasteiger partial charge is 0.310 e. The quantitative estimate of drug-likeness (QED) is 0.734. The normalized spacial score (nSPS) is 13.0. The average molecular weight is 244 g/mol. The Labute approximate surface area is 111 Å². The monoisotopic (exact) mass is 244 g/mol. The Balaban J connectivity index is 2.18. The van der Waals surface area contributed by atoms with Gasteiger partial charge in [0, 0.05) is 6.04 Å². The van der Waals surface area contributed by atoms with Crippen molar-refractivity contribution in [1.29, 1.82) is 5.26 Å². The van der Waals surface area contributed by atoms with E-state index in [1.165, 1.54) is 5.56 Å². The van der Waals surface area contributed by atoms with Crippen LogP contribution >= 0.6 is 0 Å². The van der Waals surface area contributed by atoms with Gasteiger partial charge in [-0.1, -0.05) is 36.8 Å². The first-order valence-corrected chi connectivity index (χ1v) is 6.75. The number of unbranched alkanes of at least 4 members (excludes halogenated alkanes) is 1. The molecule has 0 aliphatic carbocycles. The van der Waals surface area contributed by atoms with E-state index in [9.17, 15) is 0 Å². The van der Waals surface area contributed by atoms with Crippen molar-refractivity contribution in [1.82, 2.24) is 5.32 Å². The van der Waals surface area contributed by atoms with Gasteiger partial charge in [0.25, 0.3) is 0 Å². The van der Waals surface area contributed by atoms with Crippen LogP contribution in [-0.4, -0.2) is 6.54 Å². The van der Waals surface area contributed by atoms with Gasteiger partial charge in [0.2, 0.25) is 0 Å². The maximum absolute atomic E-state index is 8.92. The van der Waals surface area contributed by atoms with E-state index in [2.05, 4.69) is 42.6 Å². The van der Waals surface area contributed by atoms with Gasteiger partial charge in [-0.2, -0.15) is 5.26 Å². The molecule has 0 saturated carbocycles. The summed E-state index contributed by atoms with van der Waals surface area (Å²) in [6.07, 6.45) is 3.21. The van der Waals surface area contributed by atoms with Crippen LogP contribution < -0.4 is 5.32 Å². The van der Waals surface area contributed by atoms with Crippen LogP contribution in [0, 0.1) is 16.7 Å². The lowest BCUT2D eigenvalue weighted by atomic mass is 9.89. The van der Waals surface area contributed by atoms with Crippen molar-refractivity contribution in [3.63, 3.8) is 0 Å². The molecule has 0 fully saturated rings. The molecule has 1 atom stereocenters. The fourth-order valence-electron chi connectivity index (χ4n) is 1.93. The topological polar surface area (TPSA) is 35.8 Å². The Kier molecular flexibility index (Phi) is 5.88. The molecule has 0 aliphatic rings. The first-order chi connectivity index (χ1) is 8.55. The van der Waals surface area contributed by atoms with Gasteiger partial charge in [0.1, 0.15) is 0 Å². The van der Waals surface area contributed by atoms with Crippen LogP contribution in [-0.2, 0) is 0 Å². The van der Waals surface area contributed by atoms with Crippen molar-refractivity contribution < 1.29 is 0 Å². The highest BCUT2D eigenvalue weighted by atomic mass is 14.9. The first-order valence-electron chi connectivity index (χ1n) is 6.75. The van der Waals surface area contributed by atoms with Crippen LogP contribution in [0.3, 0.4) is 0 Å². The maximum atomic E-state index is 8.92. The molecule has 0 aliphatic heterocycles. The predicted octanol–water partition coefficient (Wildman–Crippen LogP) is 4.06. The molecule has 0 saturated heterocycles. The van der Waals surface area contributed by atoms with Crippen molar-refractivity contribution in [2.75, 3.05) is 6.54 Å². The van der Waals surface area contributed by atoms with E-state index >= 15 is 0 Å². The van der Waals surface area contributed by atoms with Gasteiger partial charge in [0.15, 0.2) is 0 Å². The van der Waals surface area contributed by atoms with Gasteiger partial charge in [-0.3, -0.25) is 0 Å². The summed E-state index contributed by atoms with van der Waals surface area (Å²) >= 11 is 0. The molecular weight excluding hydrogens is 220 g/mol. The highest BCUT2D eigenvalue weighted by Crippen LogP contribution is 2.21. The second-order valence-electron chi connectivity index (χ2n) is 5.54. The zero-order valence-electron chi connectivity index (χ0n) is 11.7. The summed E-state index contributed by atoms with van der Waals surface area (Å²) in [6, 6.07) is 13.2. The van der Waals surface area contributed by atoms with Crippen LogP contribution in [0.4, 0.5) is 0 Å². The molecular formula is C16H24N2. The lowest BCUT2D eigenvalue weighted by Gasteiger charge is -2.16. The summed E-state index contributed by atoms with van der Waals surface area (Å²) < 4.78 is 0. The zero-order chi connectivity index (χ0) is 13.4. The Bertz CT molecular complexity index is 376. The van der Waals surface area contributed by atoms with Crippen LogP contribution in [0.25, 0.3) is 0 Å². The van der Waals surface area contributed by atoms with Gasteiger partial charge >= 0.3 is 0 Å². The lowest BCUT2D eigenvalue weighted by molar-refractivity contribution is 0.418. The third-order valence-corrected chi connectivity index (χ3v) is 3.28. The molecule has 2 nitrogen and oxygen atoms in total. The number of benzene rings is 1. The van der Waals surface area contributed by atoms with E-state index < -0.39 is 0 Å². The molecule has 1 rings (SSSR count). The third kappa shape index (κ3) is 5.33. The number of hydrogen-bond acceptors (Lipinski definition) is 2. The molecule has 0 radical (unpaired) electrons. The Morgan fingerprint density at radius 3 is 2.50 bits per heavy atom. The Morgan fingerprint density at radius 1 is 1.22 bits per heavy atom. The minimum absolute atomic E-state index is 0.176. The first kappa shape index (κ1) is 14.7. The Hall–Kier alpha value is -1.33. The fourth-order valence-corrected chi connectivity index (χ4v) is 1.93. The molecule has 1 aromatic carbocycles. The maximum Gasteiger partial charge on any atom is 0.0683 e. The summed E-state index contributed by atoms with van der Waals surface area (Å²) in [7, 11) is 0. The lowest BCUT2D eigenvalue weighted by Crippen LogP contribution is -2.20. The average Bonchev–Trinajstić information content (AvgIpc) is 2.39. The standard InChI is InChI=1S/C16H24N2/c1-14(15-9-5-4-6-10-15)18-12-8-7-11-16(2,3)13-17/h4-6,9-10,14,18H,7-8,11-12H2,1-3H3. The molecule has 0 bridgehead atoms. The van der Waals surface area contributed by atoms with Crippen LogP contribution in [0.15, 0.2) is 30.3 Å². The van der Waals surface area contributed by atoms with Gasteiger partial charge in [0.05, 0.1) is 11.5 Å². The van der Waals surface area contributed by atoms with E-state index in [0.717, 1.165) is 25.8 Å². The minimum Gasteiger partial charge on any atom is -0.310 e. The summed E-state index contributed by atoms with van der Waals surface area (Å²) in [5, 5.41) is 12.4. The van der Waals surface area contributed by atoms with Gasteiger partial charge in [-0.25, -0.2) is 0 Å². The minimum atomic E-state index is -0.176. The smallest absolute Gasteiger partial charge is 0.0683 e. The second kappa shape index (κ2) is 7.18. The highest BCUT2D eigenvalue weighted by molar-refractivity contribution is 5.17. The number of hydrogen-bond donors (Lipinski definition) is 1. The van der Waals surface area contributed by atoms with Crippen molar-refractivity contribution in [3.05, 3.63) is 35.9 Å². The second-order valence-corrected chi connectivity index (χ2v) is 5.54. The fraction of sp³-hybridized carbons (Fsp3) is 0.562. The zero-order valence-corrected chi connectivity index (χ0v) is 11.7. The van der Waals surface area contributed by atoms with E-state index in [1.54, 1.807) is 0 Å². The van der Waals surface area contributed by atoms with E-state index in [0.29, 0.717) is 6.04 Å². The van der Waals surface area contributed by atoms with E-state index in [4.69, 9.17) is 5.26 Å². The molecule has 18 heavy (non-hydrogen) atoms. The molecule has 0 amide bonds. The van der Waals surface area contributed by atoms with Crippen molar-refractivity contribution >= 4 is 0 Å². The molecule has 0 spiro atoms. The Morgan fingerprint density at radius 2 is 1.89 bits per heavy atom. The van der Waals surface area contributed by atoms with Gasteiger partial charge in [-0.05, 0) is 45.7 Å². The van der Waals surface area contributed by atoms with Crippen LogP contribution in [0.2, 0.25) is 0 Å². The third-order valence-electron chi connectivity index (χ3n) is 3.28. The summed E-state index contributed by atoms with van der Waals surface area (Å²) in [4.78, 5) is 0. The van der Waals surface area contributed by atoms with Crippen LogP contribution in [0.1, 0.15) is 51.6 Å². The van der Waals surface area contributed by atoms with E-state index in [-0.39, 0.29) is 5.41 Å². The predicted molar refractivity (Wildman–Crippen MR) is 76.1 cm³/mol. The molecule has 1 N–H and O–H groups in total. The molecule has 98 valence electrons. The van der Waals surface area contributed by atoms with Gasteiger partial charge in [-0.15, -0.1) is 0 Å². The van der Waals surface area contributed by atoms with E-state index in [1.807, 2.05) is 19.9 Å². The van der Waals surface area contributed by atoms with Crippen molar-refractivity contribution in [3.8, 4) is 6.07 Å². The van der Waals surface area contributed by atoms with Crippen molar-refractivity contribution in [2.24, 2.45) is 5.41 Å². The molecule has 2 heteroatoms. The molecule has 1 aromatic rings. The highest BCUT2D eigenvalue weighted by Gasteiger charge is 2.15. The molecule has 1 unspecified atom stereocenters.